The summed E-state index contributed by atoms with van der Waals surface area (Å²) in [6, 6.07) is 0. The van der Waals surface area contributed by atoms with Gasteiger partial charge in [-0.05, 0) is 22.9 Å². The van der Waals surface area contributed by atoms with E-state index in [2.05, 4.69) is 26.0 Å². The summed E-state index contributed by atoms with van der Waals surface area (Å²) in [5, 5.41) is 14.3. The number of nitrogens with zero attached hydrogens (tertiary/aromatic N) is 3. The van der Waals surface area contributed by atoms with Gasteiger partial charge >= 0.3 is 0 Å². The predicted octanol–water partition coefficient (Wildman–Crippen LogP) is 2.22. The number of aliphatic hydroxyl groups is 1. The Kier molecular flexibility index (Phi) is 3.41. The molecule has 86 valence electrons. The molecule has 1 unspecified atom stereocenters. The van der Waals surface area contributed by atoms with Crippen LogP contribution in [0.2, 0.25) is 0 Å². The van der Waals surface area contributed by atoms with E-state index in [0.717, 1.165) is 20.7 Å². The molecular weight excluding hydrogens is 290 g/mol. The number of hydrogen-bond donors (Lipinski definition) is 1. The standard InChI is InChI=1S/C10H12BrN3OS/c1-6-10(11)7(14(2)13-6)3-8(15)9-4-12-5-16-9/h4-5,8,15H,3H2,1-2H3. The lowest BCUT2D eigenvalue weighted by atomic mass is 10.1. The molecule has 2 aromatic rings. The lowest BCUT2D eigenvalue weighted by molar-refractivity contribution is 0.179. The summed E-state index contributed by atoms with van der Waals surface area (Å²) in [5.74, 6) is 0. The number of thiazole rings is 1. The average molecular weight is 302 g/mol. The second-order valence-corrected chi connectivity index (χ2v) is 5.30. The fourth-order valence-corrected chi connectivity index (χ4v) is 2.68. The SMILES string of the molecule is Cc1nn(C)c(CC(O)c2cncs2)c1Br. The van der Waals surface area contributed by atoms with Crippen LogP contribution in [-0.2, 0) is 13.5 Å². The molecule has 4 nitrogen and oxygen atoms in total. The van der Waals surface area contributed by atoms with Crippen molar-refractivity contribution in [2.24, 2.45) is 7.05 Å². The minimum absolute atomic E-state index is 0.515. The number of halogens is 1. The van der Waals surface area contributed by atoms with Crippen molar-refractivity contribution in [3.63, 3.8) is 0 Å². The third-order valence-electron chi connectivity index (χ3n) is 2.43. The molecule has 0 saturated heterocycles. The van der Waals surface area contributed by atoms with E-state index in [1.165, 1.54) is 11.3 Å². The molecule has 16 heavy (non-hydrogen) atoms. The zero-order valence-corrected chi connectivity index (χ0v) is 11.4. The molecule has 0 spiro atoms. The molecular formula is C10H12BrN3OS. The minimum atomic E-state index is -0.515. The van der Waals surface area contributed by atoms with Crippen molar-refractivity contribution < 1.29 is 5.11 Å². The fourth-order valence-electron chi connectivity index (χ4n) is 1.58. The lowest BCUT2D eigenvalue weighted by Crippen LogP contribution is -2.05. The van der Waals surface area contributed by atoms with Gasteiger partial charge in [-0.1, -0.05) is 0 Å². The maximum Gasteiger partial charge on any atom is 0.0953 e. The van der Waals surface area contributed by atoms with Crippen molar-refractivity contribution >= 4 is 27.3 Å². The van der Waals surface area contributed by atoms with Gasteiger partial charge in [0.1, 0.15) is 0 Å². The molecule has 0 bridgehead atoms. The van der Waals surface area contributed by atoms with E-state index in [0.29, 0.717) is 6.42 Å². The fraction of sp³-hybridized carbons (Fsp3) is 0.400. The van der Waals surface area contributed by atoms with Crippen LogP contribution >= 0.6 is 27.3 Å². The normalized spacial score (nSPS) is 13.0. The van der Waals surface area contributed by atoms with E-state index < -0.39 is 6.10 Å². The van der Waals surface area contributed by atoms with Crippen LogP contribution in [0.4, 0.5) is 0 Å². The Hall–Kier alpha value is -0.720. The zero-order chi connectivity index (χ0) is 11.7. The van der Waals surface area contributed by atoms with Crippen molar-refractivity contribution in [1.82, 2.24) is 14.8 Å². The van der Waals surface area contributed by atoms with Gasteiger partial charge in [0.2, 0.25) is 0 Å². The lowest BCUT2D eigenvalue weighted by Gasteiger charge is -2.08. The number of aryl methyl sites for hydroxylation is 2. The summed E-state index contributed by atoms with van der Waals surface area (Å²) in [4.78, 5) is 4.84. The van der Waals surface area contributed by atoms with Gasteiger partial charge in [-0.25, -0.2) is 0 Å². The monoisotopic (exact) mass is 301 g/mol. The van der Waals surface area contributed by atoms with Gasteiger partial charge in [0.05, 0.1) is 32.4 Å². The first-order valence-electron chi connectivity index (χ1n) is 4.84. The Labute approximate surface area is 106 Å². The van der Waals surface area contributed by atoms with Gasteiger partial charge in [0.15, 0.2) is 0 Å². The minimum Gasteiger partial charge on any atom is -0.387 e. The zero-order valence-electron chi connectivity index (χ0n) is 9.01. The van der Waals surface area contributed by atoms with Crippen molar-refractivity contribution in [3.8, 4) is 0 Å². The summed E-state index contributed by atoms with van der Waals surface area (Å²) in [5.41, 5.74) is 3.66. The molecule has 0 aromatic carbocycles. The van der Waals surface area contributed by atoms with Crippen molar-refractivity contribution in [1.29, 1.82) is 0 Å². The van der Waals surface area contributed by atoms with Crippen LogP contribution in [0.25, 0.3) is 0 Å². The predicted molar refractivity (Wildman–Crippen MR) is 66.4 cm³/mol. The van der Waals surface area contributed by atoms with Gasteiger partial charge in [-0.2, -0.15) is 5.10 Å². The Morgan fingerprint density at radius 1 is 1.62 bits per heavy atom. The van der Waals surface area contributed by atoms with Crippen molar-refractivity contribution in [2.75, 3.05) is 0 Å². The van der Waals surface area contributed by atoms with E-state index in [9.17, 15) is 5.11 Å². The number of rotatable bonds is 3. The molecule has 0 aliphatic carbocycles. The van der Waals surface area contributed by atoms with E-state index >= 15 is 0 Å². The van der Waals surface area contributed by atoms with Crippen LogP contribution < -0.4 is 0 Å². The van der Waals surface area contributed by atoms with Crippen LogP contribution in [0.3, 0.4) is 0 Å². The topological polar surface area (TPSA) is 50.9 Å². The molecule has 0 amide bonds. The first-order valence-corrected chi connectivity index (χ1v) is 6.51. The van der Waals surface area contributed by atoms with Crippen molar-refractivity contribution in [3.05, 3.63) is 32.4 Å². The molecule has 0 fully saturated rings. The highest BCUT2D eigenvalue weighted by Crippen LogP contribution is 2.27. The van der Waals surface area contributed by atoms with E-state index in [1.54, 1.807) is 16.4 Å². The van der Waals surface area contributed by atoms with Gasteiger partial charge in [-0.3, -0.25) is 9.67 Å². The molecule has 2 heterocycles. The van der Waals surface area contributed by atoms with Gasteiger partial charge in [0, 0.05) is 19.7 Å². The largest absolute Gasteiger partial charge is 0.387 e. The Bertz CT molecular complexity index is 480. The Morgan fingerprint density at radius 2 is 2.38 bits per heavy atom. The highest BCUT2D eigenvalue weighted by Gasteiger charge is 2.17. The Balaban J connectivity index is 2.21. The first kappa shape index (κ1) is 11.8. The molecule has 1 N–H and O–H groups in total. The van der Waals surface area contributed by atoms with Crippen LogP contribution in [0, 0.1) is 6.92 Å². The highest BCUT2D eigenvalue weighted by molar-refractivity contribution is 9.10. The van der Waals surface area contributed by atoms with Crippen LogP contribution in [0.1, 0.15) is 22.4 Å². The van der Waals surface area contributed by atoms with Crippen LogP contribution in [-0.4, -0.2) is 19.9 Å². The van der Waals surface area contributed by atoms with Crippen LogP contribution in [0.5, 0.6) is 0 Å². The number of aromatic nitrogens is 3. The average Bonchev–Trinajstić information content (AvgIpc) is 2.83. The van der Waals surface area contributed by atoms with Crippen LogP contribution in [0.15, 0.2) is 16.2 Å². The maximum absolute atomic E-state index is 10.0. The van der Waals surface area contributed by atoms with E-state index in [4.69, 9.17) is 0 Å². The molecule has 0 aliphatic rings. The molecule has 1 atom stereocenters. The van der Waals surface area contributed by atoms with Gasteiger partial charge in [-0.15, -0.1) is 11.3 Å². The summed E-state index contributed by atoms with van der Waals surface area (Å²) in [6.45, 7) is 1.94. The summed E-state index contributed by atoms with van der Waals surface area (Å²) >= 11 is 4.95. The first-order chi connectivity index (χ1) is 7.59. The molecule has 2 rings (SSSR count). The molecule has 0 aliphatic heterocycles. The highest BCUT2D eigenvalue weighted by atomic mass is 79.9. The second kappa shape index (κ2) is 4.65. The maximum atomic E-state index is 10.0. The summed E-state index contributed by atoms with van der Waals surface area (Å²) < 4.78 is 2.77. The molecule has 2 aromatic heterocycles. The second-order valence-electron chi connectivity index (χ2n) is 3.59. The summed E-state index contributed by atoms with van der Waals surface area (Å²) in [7, 11) is 1.88. The Morgan fingerprint density at radius 3 is 2.88 bits per heavy atom. The molecule has 6 heteroatoms. The van der Waals surface area contributed by atoms with Crippen molar-refractivity contribution in [2.45, 2.75) is 19.4 Å². The molecule has 0 radical (unpaired) electrons. The number of aliphatic hydroxyl groups excluding tert-OH is 1. The third kappa shape index (κ3) is 2.18. The quantitative estimate of drug-likeness (QED) is 0.946. The summed E-state index contributed by atoms with van der Waals surface area (Å²) in [6.07, 6.45) is 1.73. The third-order valence-corrected chi connectivity index (χ3v) is 4.34. The van der Waals surface area contributed by atoms with E-state index in [1.807, 2.05) is 14.0 Å². The van der Waals surface area contributed by atoms with Gasteiger partial charge < -0.3 is 5.11 Å². The number of hydrogen-bond acceptors (Lipinski definition) is 4. The van der Waals surface area contributed by atoms with Gasteiger partial charge in [0.25, 0.3) is 0 Å². The smallest absolute Gasteiger partial charge is 0.0953 e. The van der Waals surface area contributed by atoms with E-state index in [-0.39, 0.29) is 0 Å². The molecule has 0 saturated carbocycles.